The zero-order valence-electron chi connectivity index (χ0n) is 13.6. The lowest BCUT2D eigenvalue weighted by molar-refractivity contribution is -0.136. The van der Waals surface area contributed by atoms with Crippen LogP contribution in [0.25, 0.3) is 0 Å². The minimum atomic E-state index is -0.0167. The maximum absolute atomic E-state index is 12.8. The van der Waals surface area contributed by atoms with Gasteiger partial charge in [0.25, 0.3) is 0 Å². The van der Waals surface area contributed by atoms with Crippen molar-refractivity contribution in [3.63, 3.8) is 0 Å². The maximum atomic E-state index is 12.8. The van der Waals surface area contributed by atoms with Gasteiger partial charge in [-0.2, -0.15) is 0 Å². The minimum Gasteiger partial charge on any atom is -0.341 e. The van der Waals surface area contributed by atoms with Gasteiger partial charge in [-0.05, 0) is 38.1 Å². The molecule has 2 saturated heterocycles. The lowest BCUT2D eigenvalue weighted by atomic mass is 9.84. The lowest BCUT2D eigenvalue weighted by Gasteiger charge is -2.31. The van der Waals surface area contributed by atoms with Crippen molar-refractivity contribution in [2.45, 2.75) is 58.5 Å². The fourth-order valence-electron chi connectivity index (χ4n) is 3.78. The van der Waals surface area contributed by atoms with Crippen molar-refractivity contribution >= 4 is 5.91 Å². The molecule has 116 valence electrons. The Morgan fingerprint density at radius 2 is 1.90 bits per heavy atom. The minimum absolute atomic E-state index is 0.0167. The Bertz CT molecular complexity index is 350. The standard InChI is InChI=1S/C16H31N3O/c1-16(2,3)9-12(10-17)15(20)19-8-7-13-5-6-14(11-19)18(13)4/h12-14H,5-11,17H2,1-4H3. The molecule has 2 fully saturated rings. The van der Waals surface area contributed by atoms with E-state index in [1.54, 1.807) is 0 Å². The fourth-order valence-corrected chi connectivity index (χ4v) is 3.78. The number of hydrogen-bond acceptors (Lipinski definition) is 3. The van der Waals surface area contributed by atoms with Crippen molar-refractivity contribution in [2.24, 2.45) is 17.1 Å². The van der Waals surface area contributed by atoms with Gasteiger partial charge < -0.3 is 10.6 Å². The first kappa shape index (κ1) is 15.8. The molecule has 4 heteroatoms. The second-order valence-electron chi connectivity index (χ2n) is 7.82. The van der Waals surface area contributed by atoms with Crippen molar-refractivity contribution in [3.8, 4) is 0 Å². The third-order valence-electron chi connectivity index (χ3n) is 4.95. The molecule has 1 amide bonds. The molecule has 2 aliphatic rings. The maximum Gasteiger partial charge on any atom is 0.227 e. The number of carbonyl (C=O) groups is 1. The van der Waals surface area contributed by atoms with E-state index in [0.29, 0.717) is 18.6 Å². The average molecular weight is 281 g/mol. The van der Waals surface area contributed by atoms with E-state index in [1.807, 2.05) is 0 Å². The second kappa shape index (κ2) is 6.02. The molecule has 0 saturated carbocycles. The second-order valence-corrected chi connectivity index (χ2v) is 7.82. The van der Waals surface area contributed by atoms with Crippen LogP contribution >= 0.6 is 0 Å². The molecule has 2 rings (SSSR count). The van der Waals surface area contributed by atoms with Gasteiger partial charge in [-0.25, -0.2) is 0 Å². The summed E-state index contributed by atoms with van der Waals surface area (Å²) >= 11 is 0. The Morgan fingerprint density at radius 1 is 1.25 bits per heavy atom. The summed E-state index contributed by atoms with van der Waals surface area (Å²) in [6, 6.07) is 1.23. The van der Waals surface area contributed by atoms with E-state index in [-0.39, 0.29) is 17.2 Å². The molecule has 4 nitrogen and oxygen atoms in total. The molecule has 3 atom stereocenters. The van der Waals surface area contributed by atoms with Crippen molar-refractivity contribution < 1.29 is 4.79 Å². The number of nitrogens with zero attached hydrogens (tertiary/aromatic N) is 2. The lowest BCUT2D eigenvalue weighted by Crippen LogP contribution is -2.44. The van der Waals surface area contributed by atoms with E-state index in [0.717, 1.165) is 25.9 Å². The molecule has 0 radical (unpaired) electrons. The number of amides is 1. The number of fused-ring (bicyclic) bond motifs is 2. The molecule has 0 aromatic heterocycles. The Kier molecular flexibility index (Phi) is 4.75. The molecular formula is C16H31N3O. The topological polar surface area (TPSA) is 49.6 Å². The van der Waals surface area contributed by atoms with E-state index in [1.165, 1.54) is 12.8 Å². The van der Waals surface area contributed by atoms with Gasteiger partial charge in [0.1, 0.15) is 0 Å². The molecule has 0 aromatic carbocycles. The molecule has 2 aliphatic heterocycles. The van der Waals surface area contributed by atoms with E-state index in [4.69, 9.17) is 5.73 Å². The number of nitrogens with two attached hydrogens (primary N) is 1. The molecule has 2 N–H and O–H groups in total. The molecule has 0 spiro atoms. The van der Waals surface area contributed by atoms with Crippen LogP contribution < -0.4 is 5.73 Å². The molecule has 2 heterocycles. The number of likely N-dealkylation sites (N-methyl/N-ethyl adjacent to an activating group) is 1. The molecule has 20 heavy (non-hydrogen) atoms. The Balaban J connectivity index is 2.01. The predicted octanol–water partition coefficient (Wildman–Crippen LogP) is 1.69. The summed E-state index contributed by atoms with van der Waals surface area (Å²) in [5.41, 5.74) is 6.03. The van der Waals surface area contributed by atoms with Crippen LogP contribution in [0.2, 0.25) is 0 Å². The van der Waals surface area contributed by atoms with E-state index in [2.05, 4.69) is 37.6 Å². The van der Waals surface area contributed by atoms with Gasteiger partial charge in [0.2, 0.25) is 5.91 Å². The summed E-state index contributed by atoms with van der Waals surface area (Å²) in [7, 11) is 2.21. The Labute approximate surface area is 123 Å². The van der Waals surface area contributed by atoms with Gasteiger partial charge in [0.05, 0.1) is 5.92 Å². The Morgan fingerprint density at radius 3 is 2.50 bits per heavy atom. The smallest absolute Gasteiger partial charge is 0.227 e. The van der Waals surface area contributed by atoms with Gasteiger partial charge in [-0.15, -0.1) is 0 Å². The molecule has 0 aromatic rings. The monoisotopic (exact) mass is 281 g/mol. The summed E-state index contributed by atoms with van der Waals surface area (Å²) in [4.78, 5) is 17.3. The summed E-state index contributed by atoms with van der Waals surface area (Å²) in [5.74, 6) is 0.264. The predicted molar refractivity (Wildman–Crippen MR) is 82.4 cm³/mol. The third-order valence-corrected chi connectivity index (χ3v) is 4.95. The highest BCUT2D eigenvalue weighted by atomic mass is 16.2. The summed E-state index contributed by atoms with van der Waals surface area (Å²) < 4.78 is 0. The first-order valence-corrected chi connectivity index (χ1v) is 8.02. The molecular weight excluding hydrogens is 250 g/mol. The fraction of sp³-hybridized carbons (Fsp3) is 0.938. The van der Waals surface area contributed by atoms with Crippen LogP contribution in [0.4, 0.5) is 0 Å². The van der Waals surface area contributed by atoms with Crippen molar-refractivity contribution in [1.82, 2.24) is 9.80 Å². The highest BCUT2D eigenvalue weighted by molar-refractivity contribution is 5.79. The van der Waals surface area contributed by atoms with Gasteiger partial charge >= 0.3 is 0 Å². The zero-order chi connectivity index (χ0) is 14.9. The van der Waals surface area contributed by atoms with Gasteiger partial charge in [-0.3, -0.25) is 9.69 Å². The van der Waals surface area contributed by atoms with Gasteiger partial charge in [0.15, 0.2) is 0 Å². The summed E-state index contributed by atoms with van der Waals surface area (Å²) in [6.07, 6.45) is 4.53. The molecule has 3 unspecified atom stereocenters. The van der Waals surface area contributed by atoms with E-state index < -0.39 is 0 Å². The van der Waals surface area contributed by atoms with Crippen LogP contribution in [0, 0.1) is 11.3 Å². The van der Waals surface area contributed by atoms with Crippen molar-refractivity contribution in [2.75, 3.05) is 26.7 Å². The van der Waals surface area contributed by atoms with E-state index >= 15 is 0 Å². The first-order chi connectivity index (χ1) is 9.31. The summed E-state index contributed by atoms with van der Waals surface area (Å²) in [5, 5.41) is 0. The number of carbonyl (C=O) groups excluding carboxylic acids is 1. The summed E-state index contributed by atoms with van der Waals surface area (Å²) in [6.45, 7) is 8.82. The largest absolute Gasteiger partial charge is 0.341 e. The van der Waals surface area contributed by atoms with Crippen LogP contribution in [-0.4, -0.2) is 54.5 Å². The normalized spacial score (nSPS) is 29.4. The van der Waals surface area contributed by atoms with Crippen LogP contribution in [0.1, 0.15) is 46.5 Å². The SMILES string of the molecule is CN1C2CCC1CN(C(=O)C(CN)CC(C)(C)C)CC2. The van der Waals surface area contributed by atoms with Crippen LogP contribution in [0.5, 0.6) is 0 Å². The van der Waals surface area contributed by atoms with Crippen LogP contribution in [0.15, 0.2) is 0 Å². The van der Waals surface area contributed by atoms with Crippen molar-refractivity contribution in [3.05, 3.63) is 0 Å². The van der Waals surface area contributed by atoms with Crippen LogP contribution in [0.3, 0.4) is 0 Å². The van der Waals surface area contributed by atoms with Gasteiger partial charge in [0, 0.05) is 31.7 Å². The van der Waals surface area contributed by atoms with Crippen LogP contribution in [-0.2, 0) is 4.79 Å². The quantitative estimate of drug-likeness (QED) is 0.856. The molecule has 0 aliphatic carbocycles. The van der Waals surface area contributed by atoms with E-state index in [9.17, 15) is 4.79 Å². The van der Waals surface area contributed by atoms with Gasteiger partial charge in [-0.1, -0.05) is 20.8 Å². The molecule has 2 bridgehead atoms. The Hall–Kier alpha value is -0.610. The zero-order valence-corrected chi connectivity index (χ0v) is 13.6. The van der Waals surface area contributed by atoms with Crippen molar-refractivity contribution in [1.29, 1.82) is 0 Å². The number of likely N-dealkylation sites (tertiary alicyclic amines) is 1. The first-order valence-electron chi connectivity index (χ1n) is 8.02. The highest BCUT2D eigenvalue weighted by Gasteiger charge is 2.37. The average Bonchev–Trinajstić information content (AvgIpc) is 2.58. The third kappa shape index (κ3) is 3.53. The number of rotatable bonds is 3. The highest BCUT2D eigenvalue weighted by Crippen LogP contribution is 2.30. The number of hydrogen-bond donors (Lipinski definition) is 1.